The Morgan fingerprint density at radius 1 is 1.32 bits per heavy atom. The number of carbonyl (C=O) groups excluding carboxylic acids is 1. The monoisotopic (exact) mass is 305 g/mol. The molecule has 0 bridgehead atoms. The van der Waals surface area contributed by atoms with Gasteiger partial charge in [0, 0.05) is 5.56 Å². The van der Waals surface area contributed by atoms with Crippen molar-refractivity contribution < 1.29 is 14.3 Å². The molecular formula is C18H27NO3. The third kappa shape index (κ3) is 4.73. The Balaban J connectivity index is 1.86. The number of rotatable bonds is 6. The van der Waals surface area contributed by atoms with Gasteiger partial charge in [-0.15, -0.1) is 0 Å². The molecule has 4 nitrogen and oxygen atoms in total. The summed E-state index contributed by atoms with van der Waals surface area (Å²) in [5.74, 6) is 0.730. The van der Waals surface area contributed by atoms with Gasteiger partial charge in [-0.2, -0.15) is 0 Å². The number of amides is 1. The van der Waals surface area contributed by atoms with Gasteiger partial charge in [-0.1, -0.05) is 37.0 Å². The van der Waals surface area contributed by atoms with Crippen LogP contribution >= 0.6 is 0 Å². The molecule has 0 aromatic heterocycles. The second-order valence-electron chi connectivity index (χ2n) is 6.11. The molecule has 22 heavy (non-hydrogen) atoms. The van der Waals surface area contributed by atoms with E-state index in [-0.39, 0.29) is 24.7 Å². The minimum atomic E-state index is -0.0997. The molecule has 1 aliphatic rings. The van der Waals surface area contributed by atoms with Crippen LogP contribution in [-0.2, 0) is 9.53 Å². The minimum absolute atomic E-state index is 0.0679. The van der Waals surface area contributed by atoms with E-state index in [4.69, 9.17) is 9.47 Å². The van der Waals surface area contributed by atoms with Crippen LogP contribution in [-0.4, -0.2) is 25.7 Å². The van der Waals surface area contributed by atoms with Crippen LogP contribution in [0.25, 0.3) is 0 Å². The molecule has 1 saturated carbocycles. The zero-order valence-electron chi connectivity index (χ0n) is 13.9. The van der Waals surface area contributed by atoms with Crippen molar-refractivity contribution in [1.29, 1.82) is 0 Å². The van der Waals surface area contributed by atoms with Crippen molar-refractivity contribution in [3.05, 3.63) is 29.3 Å². The normalized spacial score (nSPS) is 17.0. The largest absolute Gasteiger partial charge is 0.496 e. The quantitative estimate of drug-likeness (QED) is 0.874. The molecule has 0 heterocycles. The Morgan fingerprint density at radius 3 is 2.73 bits per heavy atom. The molecular weight excluding hydrogens is 278 g/mol. The number of aryl methyl sites for hydroxylation is 1. The molecule has 4 heteroatoms. The molecule has 0 spiro atoms. The smallest absolute Gasteiger partial charge is 0.246 e. The highest BCUT2D eigenvalue weighted by molar-refractivity contribution is 5.77. The minimum Gasteiger partial charge on any atom is -0.496 e. The van der Waals surface area contributed by atoms with Crippen molar-refractivity contribution in [2.75, 3.05) is 13.7 Å². The average Bonchev–Trinajstić information content (AvgIpc) is 2.54. The molecule has 2 rings (SSSR count). The summed E-state index contributed by atoms with van der Waals surface area (Å²) >= 11 is 0. The second-order valence-corrected chi connectivity index (χ2v) is 6.11. The van der Waals surface area contributed by atoms with Gasteiger partial charge in [-0.05, 0) is 32.8 Å². The third-order valence-electron chi connectivity index (χ3n) is 4.23. The van der Waals surface area contributed by atoms with E-state index in [9.17, 15) is 4.79 Å². The number of carbonyl (C=O) groups is 1. The van der Waals surface area contributed by atoms with Crippen LogP contribution in [0.15, 0.2) is 18.2 Å². The van der Waals surface area contributed by atoms with E-state index in [1.807, 2.05) is 32.0 Å². The first kappa shape index (κ1) is 16.8. The Bertz CT molecular complexity index is 495. The maximum absolute atomic E-state index is 12.1. The highest BCUT2D eigenvalue weighted by Crippen LogP contribution is 2.26. The van der Waals surface area contributed by atoms with Crippen molar-refractivity contribution >= 4 is 5.91 Å². The first-order chi connectivity index (χ1) is 10.6. The Morgan fingerprint density at radius 2 is 2.05 bits per heavy atom. The average molecular weight is 305 g/mol. The summed E-state index contributed by atoms with van der Waals surface area (Å²) in [4.78, 5) is 12.1. The van der Waals surface area contributed by atoms with Gasteiger partial charge in [0.2, 0.25) is 5.91 Å². The van der Waals surface area contributed by atoms with Crippen molar-refractivity contribution in [2.24, 2.45) is 0 Å². The zero-order chi connectivity index (χ0) is 15.9. The van der Waals surface area contributed by atoms with Crippen LogP contribution in [0, 0.1) is 6.92 Å². The van der Waals surface area contributed by atoms with Crippen LogP contribution in [0.2, 0.25) is 0 Å². The van der Waals surface area contributed by atoms with Gasteiger partial charge < -0.3 is 14.8 Å². The van der Waals surface area contributed by atoms with E-state index in [2.05, 4.69) is 5.32 Å². The molecule has 1 aromatic rings. The van der Waals surface area contributed by atoms with Crippen molar-refractivity contribution in [3.8, 4) is 5.75 Å². The number of methoxy groups -OCH3 is 1. The lowest BCUT2D eigenvalue weighted by molar-refractivity contribution is -0.129. The van der Waals surface area contributed by atoms with Gasteiger partial charge in [0.05, 0.1) is 19.3 Å². The lowest BCUT2D eigenvalue weighted by Gasteiger charge is -2.22. The topological polar surface area (TPSA) is 47.6 Å². The van der Waals surface area contributed by atoms with Crippen LogP contribution < -0.4 is 10.1 Å². The van der Waals surface area contributed by atoms with E-state index < -0.39 is 0 Å². The van der Waals surface area contributed by atoms with E-state index in [0.29, 0.717) is 0 Å². The standard InChI is InChI=1S/C18H27NO3/c1-13-9-10-17(21-3)16(11-13)14(2)19-18(20)12-22-15-7-5-4-6-8-15/h9-11,14-15H,4-8,12H2,1-3H3,(H,19,20)/t14-/m0/s1. The van der Waals surface area contributed by atoms with Crippen molar-refractivity contribution in [1.82, 2.24) is 5.32 Å². The van der Waals surface area contributed by atoms with Crippen molar-refractivity contribution in [3.63, 3.8) is 0 Å². The molecule has 1 amide bonds. The van der Waals surface area contributed by atoms with Crippen molar-refractivity contribution in [2.45, 2.75) is 58.1 Å². The molecule has 122 valence electrons. The molecule has 1 N–H and O–H groups in total. The van der Waals surface area contributed by atoms with Gasteiger partial charge in [0.1, 0.15) is 12.4 Å². The summed E-state index contributed by atoms with van der Waals surface area (Å²) in [6, 6.07) is 5.89. The Hall–Kier alpha value is -1.55. The van der Waals surface area contributed by atoms with E-state index >= 15 is 0 Å². The summed E-state index contributed by atoms with van der Waals surface area (Å²) in [5, 5.41) is 2.99. The fraction of sp³-hybridized carbons (Fsp3) is 0.611. The lowest BCUT2D eigenvalue weighted by Crippen LogP contribution is -2.32. The van der Waals surface area contributed by atoms with E-state index in [0.717, 1.165) is 29.7 Å². The molecule has 1 atom stereocenters. The number of nitrogens with one attached hydrogen (secondary N) is 1. The van der Waals surface area contributed by atoms with Gasteiger partial charge in [-0.3, -0.25) is 4.79 Å². The third-order valence-corrected chi connectivity index (χ3v) is 4.23. The lowest BCUT2D eigenvalue weighted by atomic mass is 9.98. The molecule has 0 radical (unpaired) electrons. The molecule has 0 aliphatic heterocycles. The van der Waals surface area contributed by atoms with E-state index in [1.165, 1.54) is 19.3 Å². The number of benzene rings is 1. The first-order valence-corrected chi connectivity index (χ1v) is 8.15. The molecule has 1 aliphatic carbocycles. The number of ether oxygens (including phenoxy) is 2. The van der Waals surface area contributed by atoms with Crippen LogP contribution in [0.3, 0.4) is 0 Å². The predicted octanol–water partition coefficient (Wildman–Crippen LogP) is 3.53. The fourth-order valence-corrected chi connectivity index (χ4v) is 2.98. The highest BCUT2D eigenvalue weighted by atomic mass is 16.5. The molecule has 0 unspecified atom stereocenters. The number of hydrogen-bond acceptors (Lipinski definition) is 3. The van der Waals surface area contributed by atoms with Gasteiger partial charge in [0.15, 0.2) is 0 Å². The van der Waals surface area contributed by atoms with Crippen LogP contribution in [0.4, 0.5) is 0 Å². The summed E-state index contributed by atoms with van der Waals surface area (Å²) < 4.78 is 11.1. The number of hydrogen-bond donors (Lipinski definition) is 1. The highest BCUT2D eigenvalue weighted by Gasteiger charge is 2.17. The maximum atomic E-state index is 12.1. The first-order valence-electron chi connectivity index (χ1n) is 8.15. The SMILES string of the molecule is COc1ccc(C)cc1[C@H](C)NC(=O)COC1CCCCC1. The summed E-state index contributed by atoms with van der Waals surface area (Å²) in [6.45, 7) is 4.14. The van der Waals surface area contributed by atoms with E-state index in [1.54, 1.807) is 7.11 Å². The molecule has 1 fully saturated rings. The maximum Gasteiger partial charge on any atom is 0.246 e. The predicted molar refractivity (Wildman–Crippen MR) is 87.1 cm³/mol. The molecule has 1 aromatic carbocycles. The summed E-state index contributed by atoms with van der Waals surface area (Å²) in [5.41, 5.74) is 2.14. The van der Waals surface area contributed by atoms with Crippen LogP contribution in [0.1, 0.15) is 56.2 Å². The second kappa shape index (κ2) is 8.18. The summed E-state index contributed by atoms with van der Waals surface area (Å²) in [7, 11) is 1.65. The Kier molecular flexibility index (Phi) is 6.25. The van der Waals surface area contributed by atoms with Crippen LogP contribution in [0.5, 0.6) is 5.75 Å². The van der Waals surface area contributed by atoms with Gasteiger partial charge in [-0.25, -0.2) is 0 Å². The van der Waals surface area contributed by atoms with Gasteiger partial charge in [0.25, 0.3) is 0 Å². The molecule has 0 saturated heterocycles. The summed E-state index contributed by atoms with van der Waals surface area (Å²) in [6.07, 6.45) is 6.12. The zero-order valence-corrected chi connectivity index (χ0v) is 13.9. The van der Waals surface area contributed by atoms with Gasteiger partial charge >= 0.3 is 0 Å². The Labute approximate surface area is 133 Å². The fourth-order valence-electron chi connectivity index (χ4n) is 2.98.